The van der Waals surface area contributed by atoms with Gasteiger partial charge in [0.05, 0.1) is 21.2 Å². The van der Waals surface area contributed by atoms with Crippen LogP contribution in [-0.4, -0.2) is 63.5 Å². The number of carbonyl (C=O) groups excluding carboxylic acids is 2. The molecule has 0 radical (unpaired) electrons. The van der Waals surface area contributed by atoms with E-state index in [0.717, 1.165) is 38.9 Å². The first-order valence-electron chi connectivity index (χ1n) is 12.1. The van der Waals surface area contributed by atoms with Gasteiger partial charge in [-0.15, -0.1) is 0 Å². The molecule has 2 atom stereocenters. The van der Waals surface area contributed by atoms with Crippen molar-refractivity contribution < 1.29 is 28.5 Å². The van der Waals surface area contributed by atoms with E-state index in [2.05, 4.69) is 42.5 Å². The fourth-order valence-corrected chi connectivity index (χ4v) is 4.98. The van der Waals surface area contributed by atoms with Gasteiger partial charge in [-0.2, -0.15) is 0 Å². The van der Waals surface area contributed by atoms with Crippen LogP contribution in [0, 0.1) is 0 Å². The summed E-state index contributed by atoms with van der Waals surface area (Å²) in [5, 5.41) is 5.63. The van der Waals surface area contributed by atoms with E-state index < -0.39 is 0 Å². The number of hydrogen-bond donors (Lipinski definition) is 2. The van der Waals surface area contributed by atoms with Gasteiger partial charge in [-0.05, 0) is 93.9 Å². The van der Waals surface area contributed by atoms with Crippen molar-refractivity contribution in [1.29, 1.82) is 0 Å². The molecule has 2 amide bonds. The maximum Gasteiger partial charge on any atom is 0.251 e. The van der Waals surface area contributed by atoms with Gasteiger partial charge in [0.1, 0.15) is 24.7 Å². The molecule has 0 aromatic heterocycles. The van der Waals surface area contributed by atoms with Crippen molar-refractivity contribution in [2.45, 2.75) is 37.9 Å². The van der Waals surface area contributed by atoms with Gasteiger partial charge in [-0.3, -0.25) is 9.59 Å². The van der Waals surface area contributed by atoms with Crippen molar-refractivity contribution in [2.75, 3.05) is 39.5 Å². The molecule has 0 bridgehead atoms. The molecule has 2 unspecified atom stereocenters. The molecule has 2 saturated heterocycles. The predicted molar refractivity (Wildman–Crippen MR) is 142 cm³/mol. The second kappa shape index (κ2) is 13.4. The minimum atomic E-state index is -0.230. The Morgan fingerprint density at radius 2 is 1.22 bits per heavy atom. The van der Waals surface area contributed by atoms with Gasteiger partial charge in [-0.1, -0.05) is 0 Å². The molecule has 10 heteroatoms. The molecule has 2 aliphatic heterocycles. The Hall–Kier alpha value is -2.14. The highest BCUT2D eigenvalue weighted by Gasteiger charge is 2.18. The van der Waals surface area contributed by atoms with Crippen molar-refractivity contribution >= 4 is 43.7 Å². The molecule has 0 saturated carbocycles. The largest absolute Gasteiger partial charge is 0.490 e. The first-order valence-corrected chi connectivity index (χ1v) is 13.7. The van der Waals surface area contributed by atoms with Crippen LogP contribution in [0.2, 0.25) is 0 Å². The van der Waals surface area contributed by atoms with Crippen LogP contribution in [0.15, 0.2) is 45.3 Å². The SMILES string of the molecule is O=C(NCCNC(=O)c1ccc(OCC2CCCO2)c(Br)c1)c1ccc(OCC2CCCO2)c(Br)c1. The lowest BCUT2D eigenvalue weighted by Gasteiger charge is -2.14. The third-order valence-electron chi connectivity index (χ3n) is 5.98. The number of hydrogen-bond acceptors (Lipinski definition) is 6. The normalized spacial score (nSPS) is 19.2. The van der Waals surface area contributed by atoms with Crippen LogP contribution < -0.4 is 20.1 Å². The van der Waals surface area contributed by atoms with Gasteiger partial charge in [0, 0.05) is 37.4 Å². The van der Waals surface area contributed by atoms with E-state index in [1.165, 1.54) is 0 Å². The van der Waals surface area contributed by atoms with E-state index in [1.807, 2.05) is 0 Å². The maximum absolute atomic E-state index is 12.5. The zero-order valence-electron chi connectivity index (χ0n) is 19.9. The van der Waals surface area contributed by atoms with Crippen LogP contribution in [0.1, 0.15) is 46.4 Å². The van der Waals surface area contributed by atoms with Gasteiger partial charge in [0.15, 0.2) is 0 Å². The molecule has 0 spiro atoms. The van der Waals surface area contributed by atoms with Gasteiger partial charge >= 0.3 is 0 Å². The lowest BCUT2D eigenvalue weighted by Crippen LogP contribution is -2.34. The Labute approximate surface area is 227 Å². The van der Waals surface area contributed by atoms with E-state index in [-0.39, 0.29) is 24.0 Å². The molecule has 2 aliphatic rings. The summed E-state index contributed by atoms with van der Waals surface area (Å²) in [6.07, 6.45) is 4.37. The second-order valence-electron chi connectivity index (χ2n) is 8.69. The Morgan fingerprint density at radius 1 is 0.778 bits per heavy atom. The highest BCUT2D eigenvalue weighted by Crippen LogP contribution is 2.28. The Kier molecular flexibility index (Phi) is 10.0. The highest BCUT2D eigenvalue weighted by atomic mass is 79.9. The zero-order valence-corrected chi connectivity index (χ0v) is 23.1. The fraction of sp³-hybridized carbons (Fsp3) is 0.462. The van der Waals surface area contributed by atoms with Crippen molar-refractivity contribution in [3.8, 4) is 11.5 Å². The Bertz CT molecular complexity index is 971. The Balaban J connectivity index is 1.18. The number of amides is 2. The summed E-state index contributed by atoms with van der Waals surface area (Å²) < 4.78 is 24.2. The van der Waals surface area contributed by atoms with Gasteiger partial charge < -0.3 is 29.6 Å². The maximum atomic E-state index is 12.5. The third kappa shape index (κ3) is 7.68. The Morgan fingerprint density at radius 3 is 1.58 bits per heavy atom. The monoisotopic (exact) mass is 624 g/mol. The van der Waals surface area contributed by atoms with Crippen molar-refractivity contribution in [2.24, 2.45) is 0 Å². The highest BCUT2D eigenvalue weighted by molar-refractivity contribution is 9.10. The number of ether oxygens (including phenoxy) is 4. The van der Waals surface area contributed by atoms with Crippen LogP contribution in [-0.2, 0) is 9.47 Å². The molecule has 2 N–H and O–H groups in total. The summed E-state index contributed by atoms with van der Waals surface area (Å²) in [7, 11) is 0. The molecule has 194 valence electrons. The summed E-state index contributed by atoms with van der Waals surface area (Å²) in [4.78, 5) is 25.0. The van der Waals surface area contributed by atoms with Gasteiger partial charge in [0.2, 0.25) is 0 Å². The molecule has 2 fully saturated rings. The molecular weight excluding hydrogens is 596 g/mol. The van der Waals surface area contributed by atoms with Crippen molar-refractivity contribution in [3.63, 3.8) is 0 Å². The molecular formula is C26H30Br2N2O6. The van der Waals surface area contributed by atoms with Crippen LogP contribution in [0.3, 0.4) is 0 Å². The summed E-state index contributed by atoms with van der Waals surface area (Å²) in [5.41, 5.74) is 1.00. The molecule has 2 heterocycles. The first kappa shape index (κ1) is 26.9. The first-order chi connectivity index (χ1) is 17.5. The van der Waals surface area contributed by atoms with Crippen LogP contribution in [0.25, 0.3) is 0 Å². The second-order valence-corrected chi connectivity index (χ2v) is 10.4. The van der Waals surface area contributed by atoms with Crippen LogP contribution >= 0.6 is 31.9 Å². The quantitative estimate of drug-likeness (QED) is 0.358. The number of nitrogens with one attached hydrogen (secondary N) is 2. The summed E-state index contributed by atoms with van der Waals surface area (Å²) in [6, 6.07) is 10.4. The lowest BCUT2D eigenvalue weighted by molar-refractivity contribution is 0.0676. The summed E-state index contributed by atoms with van der Waals surface area (Å²) in [6.45, 7) is 3.14. The number of rotatable bonds is 11. The van der Waals surface area contributed by atoms with Crippen molar-refractivity contribution in [1.82, 2.24) is 10.6 Å². The minimum Gasteiger partial charge on any atom is -0.490 e. The van der Waals surface area contributed by atoms with E-state index in [1.54, 1.807) is 36.4 Å². The van der Waals surface area contributed by atoms with E-state index in [4.69, 9.17) is 18.9 Å². The van der Waals surface area contributed by atoms with E-state index in [0.29, 0.717) is 57.9 Å². The molecule has 8 nitrogen and oxygen atoms in total. The van der Waals surface area contributed by atoms with Crippen molar-refractivity contribution in [3.05, 3.63) is 56.5 Å². The third-order valence-corrected chi connectivity index (χ3v) is 7.22. The summed E-state index contributed by atoms with van der Waals surface area (Å²) in [5.74, 6) is 0.879. The van der Waals surface area contributed by atoms with Crippen LogP contribution in [0.5, 0.6) is 11.5 Å². The predicted octanol–water partition coefficient (Wildman–Crippen LogP) is 4.49. The minimum absolute atomic E-state index is 0.124. The molecule has 2 aromatic rings. The average molecular weight is 626 g/mol. The number of carbonyl (C=O) groups is 2. The fourth-order valence-electron chi connectivity index (χ4n) is 3.99. The smallest absolute Gasteiger partial charge is 0.251 e. The standard InChI is InChI=1S/C26H30Br2N2O6/c27-21-13-17(5-7-23(21)35-15-19-3-1-11-33-19)25(31)29-9-10-30-26(32)18-6-8-24(22(28)14-18)36-16-20-4-2-12-34-20/h5-8,13-14,19-20H,1-4,9-12,15-16H2,(H,29,31)(H,30,32). The van der Waals surface area contributed by atoms with E-state index in [9.17, 15) is 9.59 Å². The summed E-state index contributed by atoms with van der Waals surface area (Å²) >= 11 is 6.94. The molecule has 0 aliphatic carbocycles. The molecule has 2 aromatic carbocycles. The molecule has 4 rings (SSSR count). The average Bonchev–Trinajstić information content (AvgIpc) is 3.59. The van der Waals surface area contributed by atoms with Crippen LogP contribution in [0.4, 0.5) is 0 Å². The number of benzene rings is 2. The number of halogens is 2. The van der Waals surface area contributed by atoms with Gasteiger partial charge in [-0.25, -0.2) is 0 Å². The lowest BCUT2D eigenvalue weighted by atomic mass is 10.2. The topological polar surface area (TPSA) is 95.1 Å². The van der Waals surface area contributed by atoms with Gasteiger partial charge in [0.25, 0.3) is 11.8 Å². The molecule has 36 heavy (non-hydrogen) atoms. The van der Waals surface area contributed by atoms with E-state index >= 15 is 0 Å². The zero-order chi connectivity index (χ0) is 25.3.